The van der Waals surface area contributed by atoms with Gasteiger partial charge < -0.3 is 37.2 Å². The molecule has 0 aromatic carbocycles. The van der Waals surface area contributed by atoms with E-state index in [0.29, 0.717) is 19.4 Å². The monoisotopic (exact) mass is 429 g/mol. The largest absolute Gasteiger partial charge is 0.480 e. The Morgan fingerprint density at radius 1 is 0.933 bits per heavy atom. The highest BCUT2D eigenvalue weighted by Crippen LogP contribution is 2.16. The lowest BCUT2D eigenvalue weighted by molar-refractivity contribution is -0.138. The first kappa shape index (κ1) is 25.8. The first-order valence-electron chi connectivity index (χ1n) is 10.5. The zero-order chi connectivity index (χ0) is 22.4. The van der Waals surface area contributed by atoms with Gasteiger partial charge in [0.2, 0.25) is 17.7 Å². The first-order chi connectivity index (χ1) is 14.4. The number of unbranched alkanes of at least 4 members (excludes halogenated alkanes) is 1. The Morgan fingerprint density at radius 3 is 2.23 bits per heavy atom. The van der Waals surface area contributed by atoms with Crippen LogP contribution in [-0.4, -0.2) is 78.3 Å². The molecule has 0 unspecified atom stereocenters. The molecule has 3 amide bonds. The van der Waals surface area contributed by atoms with Gasteiger partial charge in [-0.25, -0.2) is 0 Å². The van der Waals surface area contributed by atoms with Gasteiger partial charge in [0, 0.05) is 6.04 Å². The van der Waals surface area contributed by atoms with Crippen LogP contribution in [0.25, 0.3) is 0 Å². The van der Waals surface area contributed by atoms with Crippen molar-refractivity contribution in [2.75, 3.05) is 26.2 Å². The molecule has 11 nitrogen and oxygen atoms in total. The fourth-order valence-electron chi connectivity index (χ4n) is 3.30. The van der Waals surface area contributed by atoms with Crippen molar-refractivity contribution in [3.8, 4) is 0 Å². The molecule has 8 N–H and O–H groups in total. The maximum atomic E-state index is 12.5. The topological polar surface area (TPSA) is 183 Å². The maximum absolute atomic E-state index is 12.5. The number of aliphatic hydroxyl groups is 1. The van der Waals surface area contributed by atoms with E-state index in [9.17, 15) is 24.3 Å². The minimum atomic E-state index is -1.21. The standard InChI is InChI=1S/C19H35N5O6/c20-9-5-4-8-14(18(29)22-11-17(27)28)24-19(30)15(12-25)23-16(26)10-21-13-6-2-1-3-7-13/h13-15,21,25H,1-12,20H2,(H,22,29)(H,23,26)(H,24,30)(H,27,28)/t14-,15-/m0/s1. The number of carbonyl (C=O) groups is 4. The number of hydrogen-bond donors (Lipinski definition) is 7. The quantitative estimate of drug-likeness (QED) is 0.158. The number of nitrogens with one attached hydrogen (secondary N) is 4. The molecule has 0 aromatic rings. The lowest BCUT2D eigenvalue weighted by Gasteiger charge is -2.24. The van der Waals surface area contributed by atoms with Crippen LogP contribution in [0.5, 0.6) is 0 Å². The van der Waals surface area contributed by atoms with Gasteiger partial charge in [-0.2, -0.15) is 0 Å². The third-order valence-electron chi connectivity index (χ3n) is 4.98. The van der Waals surface area contributed by atoms with Crippen molar-refractivity contribution >= 4 is 23.7 Å². The molecular weight excluding hydrogens is 394 g/mol. The summed E-state index contributed by atoms with van der Waals surface area (Å²) in [5, 5.41) is 28.5. The Hall–Kier alpha value is -2.24. The summed E-state index contributed by atoms with van der Waals surface area (Å²) in [6.07, 6.45) is 6.88. The van der Waals surface area contributed by atoms with Gasteiger partial charge in [-0.1, -0.05) is 19.3 Å². The smallest absolute Gasteiger partial charge is 0.322 e. The van der Waals surface area contributed by atoms with Crippen molar-refractivity contribution in [3.63, 3.8) is 0 Å². The molecule has 2 atom stereocenters. The fourth-order valence-corrected chi connectivity index (χ4v) is 3.30. The van der Waals surface area contributed by atoms with E-state index in [-0.39, 0.29) is 19.0 Å². The molecule has 0 saturated heterocycles. The molecule has 0 aromatic heterocycles. The molecule has 11 heteroatoms. The van der Waals surface area contributed by atoms with Crippen LogP contribution in [0.2, 0.25) is 0 Å². The van der Waals surface area contributed by atoms with E-state index in [1.807, 2.05) is 0 Å². The van der Waals surface area contributed by atoms with Gasteiger partial charge in [-0.3, -0.25) is 19.2 Å². The van der Waals surface area contributed by atoms with E-state index in [0.717, 1.165) is 25.7 Å². The minimum Gasteiger partial charge on any atom is -0.480 e. The summed E-state index contributed by atoms with van der Waals surface area (Å²) in [5.74, 6) is -3.00. The van der Waals surface area contributed by atoms with Crippen LogP contribution >= 0.6 is 0 Å². The molecule has 0 bridgehead atoms. The van der Waals surface area contributed by atoms with Crippen LogP contribution in [0.3, 0.4) is 0 Å². The molecule has 30 heavy (non-hydrogen) atoms. The van der Waals surface area contributed by atoms with Gasteiger partial charge >= 0.3 is 5.97 Å². The van der Waals surface area contributed by atoms with Crippen LogP contribution in [0.1, 0.15) is 51.4 Å². The van der Waals surface area contributed by atoms with E-state index in [1.165, 1.54) is 6.42 Å². The van der Waals surface area contributed by atoms with E-state index in [1.54, 1.807) is 0 Å². The van der Waals surface area contributed by atoms with Crippen LogP contribution in [0, 0.1) is 0 Å². The minimum absolute atomic E-state index is 0.0352. The van der Waals surface area contributed by atoms with Crippen LogP contribution < -0.4 is 27.0 Å². The molecule has 0 spiro atoms. The lowest BCUT2D eigenvalue weighted by atomic mass is 9.95. The molecule has 172 valence electrons. The van der Waals surface area contributed by atoms with Crippen molar-refractivity contribution in [1.82, 2.24) is 21.3 Å². The van der Waals surface area contributed by atoms with Crippen molar-refractivity contribution in [2.45, 2.75) is 69.5 Å². The van der Waals surface area contributed by atoms with Gasteiger partial charge in [0.15, 0.2) is 0 Å². The second-order valence-electron chi connectivity index (χ2n) is 7.48. The molecule has 1 aliphatic carbocycles. The summed E-state index contributed by atoms with van der Waals surface area (Å²) in [7, 11) is 0. The predicted molar refractivity (Wildman–Crippen MR) is 109 cm³/mol. The zero-order valence-corrected chi connectivity index (χ0v) is 17.3. The van der Waals surface area contributed by atoms with Crippen molar-refractivity contribution in [1.29, 1.82) is 0 Å². The summed E-state index contributed by atoms with van der Waals surface area (Å²) < 4.78 is 0. The molecule has 0 heterocycles. The zero-order valence-electron chi connectivity index (χ0n) is 17.3. The predicted octanol–water partition coefficient (Wildman–Crippen LogP) is -1.80. The number of carbonyl (C=O) groups excluding carboxylic acids is 3. The summed E-state index contributed by atoms with van der Waals surface area (Å²) in [6.45, 7) is -0.753. The summed E-state index contributed by atoms with van der Waals surface area (Å²) in [5.41, 5.74) is 5.45. The lowest BCUT2D eigenvalue weighted by Crippen LogP contribution is -2.56. The molecule has 1 saturated carbocycles. The fraction of sp³-hybridized carbons (Fsp3) is 0.789. The van der Waals surface area contributed by atoms with E-state index in [4.69, 9.17) is 10.8 Å². The maximum Gasteiger partial charge on any atom is 0.322 e. The normalized spacial score (nSPS) is 16.3. The average Bonchev–Trinajstić information content (AvgIpc) is 2.74. The number of aliphatic carboxylic acids is 1. The van der Waals surface area contributed by atoms with Gasteiger partial charge in [0.1, 0.15) is 18.6 Å². The Balaban J connectivity index is 2.55. The summed E-state index contributed by atoms with van der Waals surface area (Å²) >= 11 is 0. The highest BCUT2D eigenvalue weighted by Gasteiger charge is 2.26. The number of hydrogen-bond acceptors (Lipinski definition) is 7. The third kappa shape index (κ3) is 10.5. The number of amides is 3. The second kappa shape index (κ2) is 14.7. The first-order valence-corrected chi connectivity index (χ1v) is 10.5. The van der Waals surface area contributed by atoms with E-state index in [2.05, 4.69) is 21.3 Å². The SMILES string of the molecule is NCCCC[C@H](NC(=O)[C@H](CO)NC(=O)CNC1CCCCC1)C(=O)NCC(=O)O. The highest BCUT2D eigenvalue weighted by molar-refractivity contribution is 5.93. The summed E-state index contributed by atoms with van der Waals surface area (Å²) in [6, 6.07) is -1.93. The molecule has 0 aliphatic heterocycles. The van der Waals surface area contributed by atoms with Gasteiger partial charge in [-0.15, -0.1) is 0 Å². The van der Waals surface area contributed by atoms with Gasteiger partial charge in [-0.05, 0) is 38.6 Å². The number of aliphatic hydroxyl groups excluding tert-OH is 1. The Kier molecular flexibility index (Phi) is 12.6. The second-order valence-corrected chi connectivity index (χ2v) is 7.48. The molecular formula is C19H35N5O6. The van der Waals surface area contributed by atoms with Crippen molar-refractivity contribution in [3.05, 3.63) is 0 Å². The number of carboxylic acid groups (broad SMARTS) is 1. The van der Waals surface area contributed by atoms with Gasteiger partial charge in [0.05, 0.1) is 13.2 Å². The Labute approximate surface area is 176 Å². The number of carboxylic acids is 1. The van der Waals surface area contributed by atoms with Crippen LogP contribution in [0.4, 0.5) is 0 Å². The molecule has 1 rings (SSSR count). The molecule has 0 radical (unpaired) electrons. The number of rotatable bonds is 14. The number of nitrogens with two attached hydrogens (primary N) is 1. The third-order valence-corrected chi connectivity index (χ3v) is 4.98. The van der Waals surface area contributed by atoms with E-state index < -0.39 is 48.9 Å². The van der Waals surface area contributed by atoms with E-state index >= 15 is 0 Å². The van der Waals surface area contributed by atoms with Crippen LogP contribution in [-0.2, 0) is 19.2 Å². The Morgan fingerprint density at radius 2 is 1.63 bits per heavy atom. The van der Waals surface area contributed by atoms with Crippen molar-refractivity contribution < 1.29 is 29.4 Å². The highest BCUT2D eigenvalue weighted by atomic mass is 16.4. The summed E-state index contributed by atoms with van der Waals surface area (Å²) in [4.78, 5) is 47.5. The van der Waals surface area contributed by atoms with Gasteiger partial charge in [0.25, 0.3) is 0 Å². The molecule has 1 fully saturated rings. The average molecular weight is 430 g/mol. The Bertz CT molecular complexity index is 568. The van der Waals surface area contributed by atoms with Crippen molar-refractivity contribution in [2.24, 2.45) is 5.73 Å². The molecule has 1 aliphatic rings. The van der Waals surface area contributed by atoms with Crippen LogP contribution in [0.15, 0.2) is 0 Å².